The fraction of sp³-hybridized carbons (Fsp3) is 0.667. The molecule has 2 rings (SSSR count). The Morgan fingerprint density at radius 2 is 1.91 bits per heavy atom. The fourth-order valence-electron chi connectivity index (χ4n) is 3.78. The number of halogens is 3. The smallest absolute Gasteiger partial charge is 0.138 e. The second-order valence-electron chi connectivity index (χ2n) is 7.20. The number of nitrogens with zero attached hydrogens (tertiary/aromatic N) is 1. The van der Waals surface area contributed by atoms with Gasteiger partial charge in [0.2, 0.25) is 0 Å². The molecule has 0 spiro atoms. The van der Waals surface area contributed by atoms with E-state index < -0.39 is 0 Å². The number of phenolic OH excluding ortho intramolecular Hbond substituents is 1. The molecule has 1 N–H and O–H groups in total. The van der Waals surface area contributed by atoms with Gasteiger partial charge in [0, 0.05) is 23.2 Å². The van der Waals surface area contributed by atoms with Crippen molar-refractivity contribution < 1.29 is 5.11 Å². The molecule has 0 aromatic heterocycles. The maximum atomic E-state index is 10.2. The molecule has 5 heteroatoms. The van der Waals surface area contributed by atoms with Crippen LogP contribution < -0.4 is 0 Å². The van der Waals surface area contributed by atoms with Gasteiger partial charge in [0.1, 0.15) is 5.75 Å². The Labute approximate surface area is 156 Å². The molecule has 0 bridgehead atoms. The highest BCUT2D eigenvalue weighted by Crippen LogP contribution is 2.38. The van der Waals surface area contributed by atoms with Gasteiger partial charge >= 0.3 is 0 Å². The topological polar surface area (TPSA) is 23.5 Å². The molecular weight excluding hydrogens is 353 g/mol. The molecule has 0 aliphatic heterocycles. The van der Waals surface area contributed by atoms with Crippen LogP contribution in [0.4, 0.5) is 0 Å². The van der Waals surface area contributed by atoms with Crippen LogP contribution in [0.1, 0.15) is 45.6 Å². The minimum absolute atomic E-state index is 0. The van der Waals surface area contributed by atoms with E-state index in [0.717, 1.165) is 11.5 Å². The van der Waals surface area contributed by atoms with Crippen LogP contribution in [0.5, 0.6) is 5.75 Å². The number of hydrogen-bond donors (Lipinski definition) is 1. The molecule has 3 atom stereocenters. The molecular formula is C18H28Cl3NO. The zero-order chi connectivity index (χ0) is 16.4. The van der Waals surface area contributed by atoms with Gasteiger partial charge in [-0.2, -0.15) is 0 Å². The summed E-state index contributed by atoms with van der Waals surface area (Å²) in [6.07, 6.45) is 3.83. The summed E-state index contributed by atoms with van der Waals surface area (Å²) in [7, 11) is 2.15. The largest absolute Gasteiger partial charge is 0.506 e. The normalized spacial score (nSPS) is 24.8. The van der Waals surface area contributed by atoms with Crippen molar-refractivity contribution in [1.82, 2.24) is 4.90 Å². The first-order valence-electron chi connectivity index (χ1n) is 8.16. The third-order valence-electron chi connectivity index (χ3n) is 5.08. The zero-order valence-corrected chi connectivity index (χ0v) is 16.7. The van der Waals surface area contributed by atoms with Gasteiger partial charge < -0.3 is 5.11 Å². The van der Waals surface area contributed by atoms with E-state index in [1.807, 2.05) is 6.07 Å². The first kappa shape index (κ1) is 20.9. The van der Waals surface area contributed by atoms with Crippen LogP contribution in [0.15, 0.2) is 12.1 Å². The number of rotatable bonds is 4. The third kappa shape index (κ3) is 5.16. The molecule has 1 aromatic carbocycles. The van der Waals surface area contributed by atoms with Crippen LogP contribution in [-0.4, -0.2) is 23.1 Å². The van der Waals surface area contributed by atoms with Crippen LogP contribution in [0.25, 0.3) is 0 Å². The maximum Gasteiger partial charge on any atom is 0.138 e. The average Bonchev–Trinajstić information content (AvgIpc) is 2.43. The minimum Gasteiger partial charge on any atom is -0.506 e. The lowest BCUT2D eigenvalue weighted by Gasteiger charge is -2.42. The predicted octanol–water partition coefficient (Wildman–Crippen LogP) is 6.01. The molecule has 0 radical (unpaired) electrons. The molecule has 1 aromatic rings. The summed E-state index contributed by atoms with van der Waals surface area (Å²) in [6.45, 7) is 7.64. The first-order valence-corrected chi connectivity index (χ1v) is 8.92. The van der Waals surface area contributed by atoms with Gasteiger partial charge in [0.25, 0.3) is 0 Å². The molecule has 1 fully saturated rings. The third-order valence-corrected chi connectivity index (χ3v) is 5.59. The summed E-state index contributed by atoms with van der Waals surface area (Å²) < 4.78 is 0. The van der Waals surface area contributed by atoms with E-state index in [4.69, 9.17) is 23.2 Å². The Bertz CT molecular complexity index is 521. The Balaban J connectivity index is 0.00000264. The lowest BCUT2D eigenvalue weighted by molar-refractivity contribution is 0.0726. The van der Waals surface area contributed by atoms with Crippen molar-refractivity contribution in [2.45, 2.75) is 52.6 Å². The Hall–Kier alpha value is -0.150. The van der Waals surface area contributed by atoms with Crippen LogP contribution >= 0.6 is 35.6 Å². The molecule has 1 aliphatic carbocycles. The van der Waals surface area contributed by atoms with E-state index in [0.29, 0.717) is 34.5 Å². The Morgan fingerprint density at radius 1 is 1.26 bits per heavy atom. The highest BCUT2D eigenvalue weighted by molar-refractivity contribution is 6.35. The van der Waals surface area contributed by atoms with E-state index >= 15 is 0 Å². The van der Waals surface area contributed by atoms with Crippen molar-refractivity contribution in [3.8, 4) is 5.75 Å². The molecule has 1 saturated carbocycles. The second kappa shape index (κ2) is 8.80. The second-order valence-corrected chi connectivity index (χ2v) is 8.05. The lowest BCUT2D eigenvalue weighted by atomic mass is 9.73. The first-order chi connectivity index (χ1) is 10.3. The summed E-state index contributed by atoms with van der Waals surface area (Å²) in [4.78, 5) is 2.36. The molecule has 0 heterocycles. The van der Waals surface area contributed by atoms with E-state index in [2.05, 4.69) is 32.7 Å². The number of hydrogen-bond acceptors (Lipinski definition) is 2. The Morgan fingerprint density at radius 3 is 2.52 bits per heavy atom. The number of benzene rings is 1. The molecule has 0 saturated heterocycles. The standard InChI is InChI=1S/C18H27Cl2NO.ClH/c1-11(2)15-6-5-12(3)7-17(15)21(4)10-13-8-14(19)9-16(20)18(13)22;/h8-9,11-12,15,17,22H,5-7,10H2,1-4H3;1H. The molecule has 132 valence electrons. The van der Waals surface area contributed by atoms with Crippen LogP contribution in [0, 0.1) is 17.8 Å². The van der Waals surface area contributed by atoms with Crippen LogP contribution in [-0.2, 0) is 6.54 Å². The summed E-state index contributed by atoms with van der Waals surface area (Å²) in [5.74, 6) is 2.30. The zero-order valence-electron chi connectivity index (χ0n) is 14.4. The number of phenols is 1. The van der Waals surface area contributed by atoms with E-state index in [1.165, 1.54) is 19.3 Å². The van der Waals surface area contributed by atoms with E-state index in [-0.39, 0.29) is 18.2 Å². The van der Waals surface area contributed by atoms with Gasteiger partial charge in [-0.25, -0.2) is 0 Å². The van der Waals surface area contributed by atoms with Gasteiger partial charge in [-0.1, -0.05) is 50.4 Å². The molecule has 3 unspecified atom stereocenters. The predicted molar refractivity (Wildman–Crippen MR) is 102 cm³/mol. The fourth-order valence-corrected chi connectivity index (χ4v) is 4.32. The van der Waals surface area contributed by atoms with E-state index in [1.54, 1.807) is 6.07 Å². The van der Waals surface area contributed by atoms with Crippen molar-refractivity contribution in [3.63, 3.8) is 0 Å². The van der Waals surface area contributed by atoms with Crippen molar-refractivity contribution >= 4 is 35.6 Å². The lowest BCUT2D eigenvalue weighted by Crippen LogP contribution is -2.43. The van der Waals surface area contributed by atoms with Gasteiger partial charge in [-0.15, -0.1) is 12.4 Å². The van der Waals surface area contributed by atoms with Gasteiger partial charge in [-0.05, 0) is 49.8 Å². The van der Waals surface area contributed by atoms with Crippen molar-refractivity contribution in [2.75, 3.05) is 7.05 Å². The van der Waals surface area contributed by atoms with Gasteiger partial charge in [0.15, 0.2) is 0 Å². The minimum atomic E-state index is 0. The summed E-state index contributed by atoms with van der Waals surface area (Å²) in [6, 6.07) is 3.94. The monoisotopic (exact) mass is 379 g/mol. The molecule has 2 nitrogen and oxygen atoms in total. The van der Waals surface area contributed by atoms with Crippen molar-refractivity contribution in [1.29, 1.82) is 0 Å². The summed E-state index contributed by atoms with van der Waals surface area (Å²) in [5.41, 5.74) is 0.806. The van der Waals surface area contributed by atoms with Crippen molar-refractivity contribution in [2.24, 2.45) is 17.8 Å². The highest BCUT2D eigenvalue weighted by atomic mass is 35.5. The van der Waals surface area contributed by atoms with Crippen LogP contribution in [0.2, 0.25) is 10.0 Å². The Kier molecular flexibility index (Phi) is 8.00. The summed E-state index contributed by atoms with van der Waals surface area (Å²) >= 11 is 12.1. The molecule has 23 heavy (non-hydrogen) atoms. The summed E-state index contributed by atoms with van der Waals surface area (Å²) in [5, 5.41) is 11.1. The van der Waals surface area contributed by atoms with Crippen LogP contribution in [0.3, 0.4) is 0 Å². The molecule has 1 aliphatic rings. The molecule has 0 amide bonds. The quantitative estimate of drug-likeness (QED) is 0.691. The SMILES string of the molecule is CC1CCC(C(C)C)C(N(C)Cc2cc(Cl)cc(Cl)c2O)C1.Cl. The van der Waals surface area contributed by atoms with E-state index in [9.17, 15) is 5.11 Å². The van der Waals surface area contributed by atoms with Gasteiger partial charge in [0.05, 0.1) is 5.02 Å². The highest BCUT2D eigenvalue weighted by Gasteiger charge is 2.33. The average molecular weight is 381 g/mol. The maximum absolute atomic E-state index is 10.2. The van der Waals surface area contributed by atoms with Crippen molar-refractivity contribution in [3.05, 3.63) is 27.7 Å². The van der Waals surface area contributed by atoms with Gasteiger partial charge in [-0.3, -0.25) is 4.90 Å². The number of aromatic hydroxyl groups is 1.